The highest BCUT2D eigenvalue weighted by molar-refractivity contribution is 5.79. The molecule has 0 saturated carbocycles. The molecule has 0 aliphatic rings. The summed E-state index contributed by atoms with van der Waals surface area (Å²) >= 11 is 0. The van der Waals surface area contributed by atoms with E-state index in [1.165, 1.54) is 0 Å². The number of rotatable bonds is 2. The van der Waals surface area contributed by atoms with Crippen LogP contribution in [0.25, 0.3) is 10.9 Å². The van der Waals surface area contributed by atoms with Crippen molar-refractivity contribution in [2.24, 2.45) is 0 Å². The Bertz CT molecular complexity index is 960. The largest absolute Gasteiger partial charge is 0.296 e. The van der Waals surface area contributed by atoms with Gasteiger partial charge in [0.15, 0.2) is 0 Å². The molecule has 0 bridgehead atoms. The van der Waals surface area contributed by atoms with Crippen LogP contribution >= 0.6 is 0 Å². The summed E-state index contributed by atoms with van der Waals surface area (Å²) < 4.78 is 1.73. The summed E-state index contributed by atoms with van der Waals surface area (Å²) in [7, 11) is 0. The number of aromatic nitrogens is 2. The third kappa shape index (κ3) is 3.17. The number of hydrogen-bond acceptors (Lipinski definition) is 2. The maximum atomic E-state index is 12.6. The van der Waals surface area contributed by atoms with E-state index in [2.05, 4.69) is 23.7 Å². The van der Waals surface area contributed by atoms with E-state index < -0.39 is 0 Å². The first-order chi connectivity index (χ1) is 11.2. The van der Waals surface area contributed by atoms with E-state index in [0.717, 1.165) is 28.9 Å². The van der Waals surface area contributed by atoms with Crippen molar-refractivity contribution < 1.29 is 0 Å². The Kier molecular flexibility index (Phi) is 4.25. The maximum Gasteiger partial charge on any atom is 0.261 e. The first kappa shape index (κ1) is 15.1. The van der Waals surface area contributed by atoms with Gasteiger partial charge in [-0.15, -0.1) is 0 Å². The number of nitrogens with zero attached hydrogens (tertiary/aromatic N) is 2. The molecular formula is C20H18N2O. The average molecular weight is 302 g/mol. The molecule has 0 radical (unpaired) electrons. The summed E-state index contributed by atoms with van der Waals surface area (Å²) in [6, 6.07) is 15.4. The molecule has 3 nitrogen and oxygen atoms in total. The molecule has 114 valence electrons. The molecule has 0 amide bonds. The SMILES string of the molecule is CCCn1c(C)nc2ccc(C#Cc3ccccc3)cc2c1=O. The minimum absolute atomic E-state index is 0.0118. The number of hydrogen-bond donors (Lipinski definition) is 0. The topological polar surface area (TPSA) is 34.9 Å². The van der Waals surface area contributed by atoms with Crippen LogP contribution in [-0.2, 0) is 6.54 Å². The Morgan fingerprint density at radius 1 is 1.04 bits per heavy atom. The second-order valence-corrected chi connectivity index (χ2v) is 5.46. The van der Waals surface area contributed by atoms with Crippen molar-refractivity contribution in [1.82, 2.24) is 9.55 Å². The fourth-order valence-corrected chi connectivity index (χ4v) is 2.56. The molecule has 0 saturated heterocycles. The lowest BCUT2D eigenvalue weighted by molar-refractivity contribution is 0.625. The molecule has 3 rings (SSSR count). The van der Waals surface area contributed by atoms with E-state index in [1.54, 1.807) is 4.57 Å². The monoisotopic (exact) mass is 302 g/mol. The van der Waals surface area contributed by atoms with Crippen LogP contribution < -0.4 is 5.56 Å². The highest BCUT2D eigenvalue weighted by Gasteiger charge is 2.07. The average Bonchev–Trinajstić information content (AvgIpc) is 2.58. The minimum Gasteiger partial charge on any atom is -0.296 e. The normalized spacial score (nSPS) is 10.3. The van der Waals surface area contributed by atoms with Crippen LogP contribution in [0.1, 0.15) is 30.3 Å². The molecule has 0 aliphatic heterocycles. The van der Waals surface area contributed by atoms with Gasteiger partial charge in [0.1, 0.15) is 5.82 Å². The lowest BCUT2D eigenvalue weighted by Crippen LogP contribution is -2.23. The molecule has 1 aromatic heterocycles. The summed E-state index contributed by atoms with van der Waals surface area (Å²) in [4.78, 5) is 17.2. The van der Waals surface area contributed by atoms with Gasteiger partial charge in [-0.1, -0.05) is 37.0 Å². The van der Waals surface area contributed by atoms with Crippen molar-refractivity contribution in [3.63, 3.8) is 0 Å². The van der Waals surface area contributed by atoms with Crippen molar-refractivity contribution in [2.75, 3.05) is 0 Å². The van der Waals surface area contributed by atoms with E-state index in [-0.39, 0.29) is 5.56 Å². The Morgan fingerprint density at radius 3 is 2.52 bits per heavy atom. The van der Waals surface area contributed by atoms with Crippen molar-refractivity contribution in [3.05, 3.63) is 75.8 Å². The molecule has 3 heteroatoms. The van der Waals surface area contributed by atoms with E-state index in [9.17, 15) is 4.79 Å². The van der Waals surface area contributed by atoms with Crippen LogP contribution in [0.2, 0.25) is 0 Å². The number of benzene rings is 2. The summed E-state index contributed by atoms with van der Waals surface area (Å²) in [6.45, 7) is 4.62. The first-order valence-corrected chi connectivity index (χ1v) is 7.77. The lowest BCUT2D eigenvalue weighted by Gasteiger charge is -2.09. The number of aryl methyl sites for hydroxylation is 1. The van der Waals surface area contributed by atoms with Crippen LogP contribution in [0, 0.1) is 18.8 Å². The predicted octanol–water partition coefficient (Wildman–Crippen LogP) is 3.51. The molecule has 0 spiro atoms. The molecule has 3 aromatic rings. The second kappa shape index (κ2) is 6.50. The van der Waals surface area contributed by atoms with Gasteiger partial charge in [0, 0.05) is 17.7 Å². The molecule has 0 unspecified atom stereocenters. The number of fused-ring (bicyclic) bond motifs is 1. The van der Waals surface area contributed by atoms with E-state index in [1.807, 2.05) is 55.5 Å². The molecule has 0 N–H and O–H groups in total. The first-order valence-electron chi connectivity index (χ1n) is 7.77. The smallest absolute Gasteiger partial charge is 0.261 e. The molecule has 23 heavy (non-hydrogen) atoms. The molecule has 0 aliphatic carbocycles. The molecule has 1 heterocycles. The Balaban J connectivity index is 2.08. The van der Waals surface area contributed by atoms with Gasteiger partial charge in [-0.25, -0.2) is 4.98 Å². The highest BCUT2D eigenvalue weighted by atomic mass is 16.1. The van der Waals surface area contributed by atoms with Crippen LogP contribution in [0.3, 0.4) is 0 Å². The Hall–Kier alpha value is -2.86. The summed E-state index contributed by atoms with van der Waals surface area (Å²) in [5.74, 6) is 6.99. The van der Waals surface area contributed by atoms with Crippen LogP contribution in [0.5, 0.6) is 0 Å². The maximum absolute atomic E-state index is 12.6. The molecule has 0 fully saturated rings. The summed E-state index contributed by atoms with van der Waals surface area (Å²) in [5.41, 5.74) is 2.52. The third-order valence-corrected chi connectivity index (χ3v) is 3.72. The zero-order valence-electron chi connectivity index (χ0n) is 13.3. The van der Waals surface area contributed by atoms with Crippen molar-refractivity contribution in [1.29, 1.82) is 0 Å². The summed E-state index contributed by atoms with van der Waals surface area (Å²) in [6.07, 6.45) is 0.904. The van der Waals surface area contributed by atoms with Gasteiger partial charge in [-0.2, -0.15) is 0 Å². The van der Waals surface area contributed by atoms with Crippen LogP contribution in [-0.4, -0.2) is 9.55 Å². The lowest BCUT2D eigenvalue weighted by atomic mass is 10.1. The Morgan fingerprint density at radius 2 is 1.78 bits per heavy atom. The minimum atomic E-state index is 0.0118. The van der Waals surface area contributed by atoms with Gasteiger partial charge in [0.05, 0.1) is 10.9 Å². The zero-order valence-corrected chi connectivity index (χ0v) is 13.3. The standard InChI is InChI=1S/C20H18N2O/c1-3-13-22-15(2)21-19-12-11-17(14-18(19)20(22)23)10-9-16-7-5-4-6-8-16/h4-8,11-12,14H,3,13H2,1-2H3. The fourth-order valence-electron chi connectivity index (χ4n) is 2.56. The van der Waals surface area contributed by atoms with Crippen LogP contribution in [0.4, 0.5) is 0 Å². The second-order valence-electron chi connectivity index (χ2n) is 5.46. The van der Waals surface area contributed by atoms with Gasteiger partial charge < -0.3 is 0 Å². The van der Waals surface area contributed by atoms with Gasteiger partial charge in [0.25, 0.3) is 5.56 Å². The zero-order chi connectivity index (χ0) is 16.2. The van der Waals surface area contributed by atoms with E-state index >= 15 is 0 Å². The molecular weight excluding hydrogens is 284 g/mol. The highest BCUT2D eigenvalue weighted by Crippen LogP contribution is 2.11. The fraction of sp³-hybridized carbons (Fsp3) is 0.200. The third-order valence-electron chi connectivity index (χ3n) is 3.72. The van der Waals surface area contributed by atoms with Gasteiger partial charge in [0.2, 0.25) is 0 Å². The summed E-state index contributed by atoms with van der Waals surface area (Å²) in [5, 5.41) is 0.629. The molecule has 0 atom stereocenters. The quantitative estimate of drug-likeness (QED) is 0.679. The van der Waals surface area contributed by atoms with Crippen molar-refractivity contribution in [3.8, 4) is 11.8 Å². The van der Waals surface area contributed by atoms with Gasteiger partial charge in [-0.3, -0.25) is 9.36 Å². The van der Waals surface area contributed by atoms with Crippen LogP contribution in [0.15, 0.2) is 53.3 Å². The Labute approximate surface area is 135 Å². The molecule has 2 aromatic carbocycles. The van der Waals surface area contributed by atoms with Crippen molar-refractivity contribution in [2.45, 2.75) is 26.8 Å². The van der Waals surface area contributed by atoms with Gasteiger partial charge >= 0.3 is 0 Å². The van der Waals surface area contributed by atoms with Crippen molar-refractivity contribution >= 4 is 10.9 Å². The predicted molar refractivity (Wildman–Crippen MR) is 93.5 cm³/mol. The van der Waals surface area contributed by atoms with E-state index in [4.69, 9.17) is 0 Å². The van der Waals surface area contributed by atoms with Gasteiger partial charge in [-0.05, 0) is 43.7 Å². The van der Waals surface area contributed by atoms with E-state index in [0.29, 0.717) is 11.9 Å².